The van der Waals surface area contributed by atoms with Gasteiger partial charge in [-0.05, 0) is 47.2 Å². The smallest absolute Gasteiger partial charge is 0.314 e. The first-order chi connectivity index (χ1) is 11.8. The van der Waals surface area contributed by atoms with Crippen LogP contribution in [-0.4, -0.2) is 11.8 Å². The van der Waals surface area contributed by atoms with Crippen molar-refractivity contribution in [1.29, 1.82) is 0 Å². The van der Waals surface area contributed by atoms with E-state index in [1.165, 1.54) is 24.3 Å². The van der Waals surface area contributed by atoms with Crippen molar-refractivity contribution in [2.24, 2.45) is 0 Å². The minimum absolute atomic E-state index is 0.203. The quantitative estimate of drug-likeness (QED) is 0.795. The van der Waals surface area contributed by atoms with Gasteiger partial charge < -0.3 is 10.6 Å². The molecule has 25 heavy (non-hydrogen) atoms. The highest BCUT2D eigenvalue weighted by Gasteiger charge is 2.20. The van der Waals surface area contributed by atoms with Crippen LogP contribution in [0.25, 0.3) is 0 Å². The minimum Gasteiger partial charge on any atom is -0.318 e. The maximum Gasteiger partial charge on any atom is 0.314 e. The van der Waals surface area contributed by atoms with E-state index in [2.05, 4.69) is 10.6 Å². The van der Waals surface area contributed by atoms with Crippen LogP contribution in [0.15, 0.2) is 42.5 Å². The number of halogens is 1. The first-order valence-electron chi connectivity index (χ1n) is 8.30. The minimum atomic E-state index is -0.792. The lowest BCUT2D eigenvalue weighted by atomic mass is 9.92. The summed E-state index contributed by atoms with van der Waals surface area (Å²) >= 11 is 0. The third-order valence-electron chi connectivity index (χ3n) is 3.92. The number of hydrogen-bond donors (Lipinski definition) is 2. The van der Waals surface area contributed by atoms with Crippen molar-refractivity contribution >= 4 is 23.2 Å². The highest BCUT2D eigenvalue weighted by molar-refractivity contribution is 6.43. The third kappa shape index (κ3) is 4.66. The number of carbonyl (C=O) groups excluding carboxylic acids is 2. The topological polar surface area (TPSA) is 58.2 Å². The molecule has 0 unspecified atom stereocenters. The first kappa shape index (κ1) is 18.6. The monoisotopic (exact) mass is 342 g/mol. The average molecular weight is 342 g/mol. The Balaban J connectivity index is 2.21. The molecule has 2 N–H and O–H groups in total. The molecule has 0 saturated heterocycles. The Morgan fingerprint density at radius 2 is 1.28 bits per heavy atom. The van der Waals surface area contributed by atoms with E-state index in [-0.39, 0.29) is 11.8 Å². The fraction of sp³-hybridized carbons (Fsp3) is 0.300. The molecular weight excluding hydrogens is 319 g/mol. The molecule has 0 spiro atoms. The van der Waals surface area contributed by atoms with Crippen LogP contribution in [0.4, 0.5) is 15.8 Å². The number of anilines is 2. The van der Waals surface area contributed by atoms with Gasteiger partial charge in [0.05, 0.1) is 0 Å². The summed E-state index contributed by atoms with van der Waals surface area (Å²) in [4.78, 5) is 24.5. The van der Waals surface area contributed by atoms with Gasteiger partial charge in [0.1, 0.15) is 5.82 Å². The van der Waals surface area contributed by atoms with E-state index < -0.39 is 17.6 Å². The first-order valence-corrected chi connectivity index (χ1v) is 8.30. The Bertz CT molecular complexity index is 742. The lowest BCUT2D eigenvalue weighted by Gasteiger charge is -2.20. The van der Waals surface area contributed by atoms with Crippen LogP contribution < -0.4 is 10.6 Å². The molecule has 2 aromatic carbocycles. The predicted molar refractivity (Wildman–Crippen MR) is 98.3 cm³/mol. The van der Waals surface area contributed by atoms with Crippen LogP contribution in [0.1, 0.15) is 50.7 Å². The lowest BCUT2D eigenvalue weighted by Crippen LogP contribution is -2.30. The average Bonchev–Trinajstić information content (AvgIpc) is 2.56. The van der Waals surface area contributed by atoms with Gasteiger partial charge in [0.25, 0.3) is 0 Å². The van der Waals surface area contributed by atoms with Crippen LogP contribution in [0.3, 0.4) is 0 Å². The molecule has 0 radical (unpaired) electrons. The molecule has 0 fully saturated rings. The Morgan fingerprint density at radius 3 is 1.76 bits per heavy atom. The van der Waals surface area contributed by atoms with Gasteiger partial charge in [0.15, 0.2) is 0 Å². The van der Waals surface area contributed by atoms with Crippen molar-refractivity contribution in [3.8, 4) is 0 Å². The summed E-state index contributed by atoms with van der Waals surface area (Å²) in [6.45, 7) is 8.14. The van der Waals surface area contributed by atoms with Crippen LogP contribution >= 0.6 is 0 Å². The van der Waals surface area contributed by atoms with Crippen molar-refractivity contribution in [2.75, 3.05) is 10.6 Å². The maximum atomic E-state index is 12.9. The molecule has 0 heterocycles. The van der Waals surface area contributed by atoms with E-state index in [1.807, 2.05) is 45.9 Å². The second kappa shape index (κ2) is 7.92. The standard InChI is InChI=1S/C20H23FN2O2/c1-12(2)16-6-5-7-17(13(3)4)18(16)23-20(25)19(24)22-15-10-8-14(21)9-11-15/h5-13H,1-4H3,(H,22,24)(H,23,25). The Labute approximate surface area is 147 Å². The van der Waals surface area contributed by atoms with E-state index in [9.17, 15) is 14.0 Å². The van der Waals surface area contributed by atoms with Gasteiger partial charge in [-0.2, -0.15) is 0 Å². The zero-order chi connectivity index (χ0) is 18.6. The van der Waals surface area contributed by atoms with E-state index >= 15 is 0 Å². The van der Waals surface area contributed by atoms with Crippen molar-refractivity contribution in [2.45, 2.75) is 39.5 Å². The number of benzene rings is 2. The zero-order valence-electron chi connectivity index (χ0n) is 14.9. The number of amides is 2. The summed E-state index contributed by atoms with van der Waals surface area (Å²) in [7, 11) is 0. The molecule has 4 nitrogen and oxygen atoms in total. The number of nitrogens with one attached hydrogen (secondary N) is 2. The normalized spacial score (nSPS) is 10.8. The van der Waals surface area contributed by atoms with E-state index in [0.717, 1.165) is 11.1 Å². The summed E-state index contributed by atoms with van der Waals surface area (Å²) in [6.07, 6.45) is 0. The van der Waals surface area contributed by atoms with Gasteiger partial charge >= 0.3 is 11.8 Å². The Kier molecular flexibility index (Phi) is 5.91. The van der Waals surface area contributed by atoms with Crippen LogP contribution in [-0.2, 0) is 9.59 Å². The molecule has 2 rings (SSSR count). The molecule has 5 heteroatoms. The summed E-state index contributed by atoms with van der Waals surface area (Å²) in [5.41, 5.74) is 3.01. The second-order valence-corrected chi connectivity index (χ2v) is 6.54. The molecule has 0 bridgehead atoms. The number of rotatable bonds is 4. The highest BCUT2D eigenvalue weighted by Crippen LogP contribution is 2.32. The number of hydrogen-bond acceptors (Lipinski definition) is 2. The molecule has 0 saturated carbocycles. The van der Waals surface area contributed by atoms with Gasteiger partial charge in [-0.3, -0.25) is 9.59 Å². The van der Waals surface area contributed by atoms with Crippen LogP contribution in [0.5, 0.6) is 0 Å². The van der Waals surface area contributed by atoms with E-state index in [4.69, 9.17) is 0 Å². The molecule has 2 amide bonds. The van der Waals surface area contributed by atoms with E-state index in [0.29, 0.717) is 11.4 Å². The number of para-hydroxylation sites is 1. The molecule has 0 aliphatic heterocycles. The van der Waals surface area contributed by atoms with Gasteiger partial charge in [0, 0.05) is 11.4 Å². The second-order valence-electron chi connectivity index (χ2n) is 6.54. The Hall–Kier alpha value is -2.69. The summed E-state index contributed by atoms with van der Waals surface area (Å²) in [5, 5.41) is 5.22. The fourth-order valence-electron chi connectivity index (χ4n) is 2.59. The van der Waals surface area contributed by atoms with Gasteiger partial charge in [-0.15, -0.1) is 0 Å². The SMILES string of the molecule is CC(C)c1cccc(C(C)C)c1NC(=O)C(=O)Nc1ccc(F)cc1. The predicted octanol–water partition coefficient (Wildman–Crippen LogP) is 4.65. The van der Waals surface area contributed by atoms with Gasteiger partial charge in [-0.1, -0.05) is 45.9 Å². The molecule has 0 atom stereocenters. The van der Waals surface area contributed by atoms with Crippen molar-refractivity contribution < 1.29 is 14.0 Å². The third-order valence-corrected chi connectivity index (χ3v) is 3.92. The summed E-state index contributed by atoms with van der Waals surface area (Å²) < 4.78 is 12.9. The number of carbonyl (C=O) groups is 2. The molecule has 2 aromatic rings. The summed E-state index contributed by atoms with van der Waals surface area (Å²) in [5.74, 6) is -1.54. The molecule has 0 aliphatic rings. The van der Waals surface area contributed by atoms with E-state index in [1.54, 1.807) is 0 Å². The van der Waals surface area contributed by atoms with Gasteiger partial charge in [-0.25, -0.2) is 4.39 Å². The molecular formula is C20H23FN2O2. The summed E-state index contributed by atoms with van der Waals surface area (Å²) in [6, 6.07) is 11.1. The van der Waals surface area contributed by atoms with Crippen molar-refractivity contribution in [3.63, 3.8) is 0 Å². The zero-order valence-corrected chi connectivity index (χ0v) is 14.9. The Morgan fingerprint density at radius 1 is 0.800 bits per heavy atom. The molecule has 132 valence electrons. The molecule has 0 aliphatic carbocycles. The largest absolute Gasteiger partial charge is 0.318 e. The lowest BCUT2D eigenvalue weighted by molar-refractivity contribution is -0.133. The maximum absolute atomic E-state index is 12.9. The van der Waals surface area contributed by atoms with Crippen LogP contribution in [0, 0.1) is 5.82 Å². The molecule has 0 aromatic heterocycles. The van der Waals surface area contributed by atoms with Crippen molar-refractivity contribution in [1.82, 2.24) is 0 Å². The van der Waals surface area contributed by atoms with Crippen LogP contribution in [0.2, 0.25) is 0 Å². The van der Waals surface area contributed by atoms with Crippen molar-refractivity contribution in [3.05, 3.63) is 59.4 Å². The highest BCUT2D eigenvalue weighted by atomic mass is 19.1. The van der Waals surface area contributed by atoms with Gasteiger partial charge in [0.2, 0.25) is 0 Å². The fourth-order valence-corrected chi connectivity index (χ4v) is 2.59.